The number of hydrogen-bond donors (Lipinski definition) is 1. The summed E-state index contributed by atoms with van der Waals surface area (Å²) in [6.07, 6.45) is 1.82. The first-order valence-electron chi connectivity index (χ1n) is 7.57. The Kier molecular flexibility index (Phi) is 4.86. The molecule has 0 radical (unpaired) electrons. The summed E-state index contributed by atoms with van der Waals surface area (Å²) >= 11 is 1.37. The molecule has 0 saturated carbocycles. The Labute approximate surface area is 144 Å². The minimum absolute atomic E-state index is 0.102. The van der Waals surface area contributed by atoms with Crippen molar-refractivity contribution in [2.75, 3.05) is 5.32 Å². The van der Waals surface area contributed by atoms with Crippen LogP contribution in [-0.2, 0) is 0 Å². The molecule has 0 aliphatic heterocycles. The largest absolute Gasteiger partial charge is 0.491 e. The highest BCUT2D eigenvalue weighted by molar-refractivity contribution is 7.14. The Morgan fingerprint density at radius 2 is 1.92 bits per heavy atom. The molecular formula is C18H17N3O2S. The second-order valence-corrected chi connectivity index (χ2v) is 6.26. The van der Waals surface area contributed by atoms with Gasteiger partial charge in [-0.05, 0) is 50.2 Å². The van der Waals surface area contributed by atoms with Crippen molar-refractivity contribution in [1.29, 1.82) is 0 Å². The number of nitrogens with one attached hydrogen (secondary N) is 1. The van der Waals surface area contributed by atoms with Crippen molar-refractivity contribution in [2.45, 2.75) is 20.0 Å². The highest BCUT2D eigenvalue weighted by Crippen LogP contribution is 2.23. The van der Waals surface area contributed by atoms with Crippen molar-refractivity contribution in [3.05, 3.63) is 59.6 Å². The molecule has 0 saturated heterocycles. The maximum atomic E-state index is 12.3. The first-order valence-corrected chi connectivity index (χ1v) is 8.45. The third-order valence-electron chi connectivity index (χ3n) is 3.14. The summed E-state index contributed by atoms with van der Waals surface area (Å²) in [5.74, 6) is 0.543. The van der Waals surface area contributed by atoms with Gasteiger partial charge >= 0.3 is 0 Å². The average Bonchev–Trinajstić information content (AvgIpc) is 3.04. The number of nitrogens with zero attached hydrogens (tertiary/aromatic N) is 2. The fourth-order valence-corrected chi connectivity index (χ4v) is 2.79. The lowest BCUT2D eigenvalue weighted by molar-refractivity contribution is 0.102. The number of ether oxygens (including phenoxy) is 1. The number of anilines is 1. The lowest BCUT2D eigenvalue weighted by atomic mass is 10.2. The number of benzene rings is 1. The van der Waals surface area contributed by atoms with E-state index in [-0.39, 0.29) is 12.0 Å². The van der Waals surface area contributed by atoms with Crippen LogP contribution in [-0.4, -0.2) is 22.0 Å². The van der Waals surface area contributed by atoms with Gasteiger partial charge in [0.05, 0.1) is 11.8 Å². The lowest BCUT2D eigenvalue weighted by Gasteiger charge is -2.09. The molecule has 0 fully saturated rings. The number of carbonyl (C=O) groups excluding carboxylic acids is 1. The van der Waals surface area contributed by atoms with Crippen molar-refractivity contribution >= 4 is 22.4 Å². The van der Waals surface area contributed by atoms with Gasteiger partial charge in [0, 0.05) is 17.1 Å². The van der Waals surface area contributed by atoms with Crippen LogP contribution in [0.4, 0.5) is 5.13 Å². The number of hydrogen-bond acceptors (Lipinski definition) is 5. The van der Waals surface area contributed by atoms with Crippen LogP contribution in [0.3, 0.4) is 0 Å². The van der Waals surface area contributed by atoms with Gasteiger partial charge in [0.2, 0.25) is 0 Å². The van der Waals surface area contributed by atoms with Crippen LogP contribution in [0.25, 0.3) is 11.4 Å². The molecule has 1 amide bonds. The molecule has 1 aromatic carbocycles. The summed E-state index contributed by atoms with van der Waals surface area (Å²) < 4.78 is 5.57. The van der Waals surface area contributed by atoms with Crippen LogP contribution in [0.15, 0.2) is 54.0 Å². The minimum atomic E-state index is -0.201. The predicted molar refractivity (Wildman–Crippen MR) is 95.5 cm³/mol. The molecule has 24 heavy (non-hydrogen) atoms. The molecule has 0 bridgehead atoms. The lowest BCUT2D eigenvalue weighted by Crippen LogP contribution is -2.12. The second kappa shape index (κ2) is 7.23. The monoisotopic (exact) mass is 339 g/mol. The van der Waals surface area contributed by atoms with E-state index in [0.29, 0.717) is 10.7 Å². The van der Waals surface area contributed by atoms with Crippen molar-refractivity contribution in [3.63, 3.8) is 0 Å². The first-order chi connectivity index (χ1) is 11.6. The Morgan fingerprint density at radius 3 is 2.58 bits per heavy atom. The third-order valence-corrected chi connectivity index (χ3v) is 3.90. The predicted octanol–water partition coefficient (Wildman–Crippen LogP) is 4.24. The van der Waals surface area contributed by atoms with Gasteiger partial charge in [0.15, 0.2) is 5.13 Å². The van der Waals surface area contributed by atoms with E-state index >= 15 is 0 Å². The molecular weight excluding hydrogens is 322 g/mol. The summed E-state index contributed by atoms with van der Waals surface area (Å²) in [5.41, 5.74) is 2.08. The fourth-order valence-electron chi connectivity index (χ4n) is 2.09. The second-order valence-electron chi connectivity index (χ2n) is 5.40. The molecule has 122 valence electrons. The van der Waals surface area contributed by atoms with Crippen molar-refractivity contribution in [1.82, 2.24) is 9.97 Å². The van der Waals surface area contributed by atoms with Crippen LogP contribution in [0.1, 0.15) is 24.2 Å². The average molecular weight is 339 g/mol. The zero-order valence-electron chi connectivity index (χ0n) is 13.4. The van der Waals surface area contributed by atoms with Crippen LogP contribution in [0, 0.1) is 0 Å². The molecule has 0 atom stereocenters. The highest BCUT2D eigenvalue weighted by Gasteiger charge is 2.11. The van der Waals surface area contributed by atoms with Gasteiger partial charge in [-0.25, -0.2) is 4.98 Å². The van der Waals surface area contributed by atoms with E-state index in [4.69, 9.17) is 4.74 Å². The van der Waals surface area contributed by atoms with Crippen LogP contribution < -0.4 is 10.1 Å². The molecule has 0 spiro atoms. The van der Waals surface area contributed by atoms with Gasteiger partial charge in [-0.3, -0.25) is 15.1 Å². The Balaban J connectivity index is 1.68. The molecule has 3 aromatic rings. The highest BCUT2D eigenvalue weighted by atomic mass is 32.1. The summed E-state index contributed by atoms with van der Waals surface area (Å²) in [6, 6.07) is 12.7. The van der Waals surface area contributed by atoms with E-state index in [1.165, 1.54) is 11.3 Å². The van der Waals surface area contributed by atoms with Gasteiger partial charge < -0.3 is 4.74 Å². The summed E-state index contributed by atoms with van der Waals surface area (Å²) in [4.78, 5) is 20.9. The summed E-state index contributed by atoms with van der Waals surface area (Å²) in [6.45, 7) is 3.92. The molecule has 0 aliphatic carbocycles. The number of rotatable bonds is 5. The van der Waals surface area contributed by atoms with Crippen LogP contribution >= 0.6 is 11.3 Å². The van der Waals surface area contributed by atoms with Crippen LogP contribution in [0.5, 0.6) is 5.75 Å². The maximum absolute atomic E-state index is 12.3. The van der Waals surface area contributed by atoms with E-state index in [1.807, 2.05) is 37.4 Å². The number of thiazole rings is 1. The number of amides is 1. The molecule has 3 rings (SSSR count). The van der Waals surface area contributed by atoms with Crippen LogP contribution in [0.2, 0.25) is 0 Å². The van der Waals surface area contributed by atoms with Gasteiger partial charge in [0.25, 0.3) is 5.91 Å². The molecule has 2 aromatic heterocycles. The van der Waals surface area contributed by atoms with E-state index < -0.39 is 0 Å². The number of carbonyl (C=O) groups is 1. The molecule has 2 heterocycles. The molecule has 1 N–H and O–H groups in total. The van der Waals surface area contributed by atoms with Crippen molar-refractivity contribution < 1.29 is 9.53 Å². The molecule has 6 heteroatoms. The quantitative estimate of drug-likeness (QED) is 0.755. The summed E-state index contributed by atoms with van der Waals surface area (Å²) in [7, 11) is 0. The van der Waals surface area contributed by atoms with E-state index in [1.54, 1.807) is 30.5 Å². The van der Waals surface area contributed by atoms with Crippen molar-refractivity contribution in [2.24, 2.45) is 0 Å². The van der Waals surface area contributed by atoms with Crippen molar-refractivity contribution in [3.8, 4) is 17.1 Å². The zero-order valence-corrected chi connectivity index (χ0v) is 14.2. The SMILES string of the molecule is CC(C)Oc1ccc(C(=O)Nc2nc(-c3ccccn3)cs2)cc1. The maximum Gasteiger partial charge on any atom is 0.257 e. The fraction of sp³-hybridized carbons (Fsp3) is 0.167. The zero-order chi connectivity index (χ0) is 16.9. The Bertz CT molecular complexity index is 814. The number of pyridine rings is 1. The van der Waals surface area contributed by atoms with E-state index in [0.717, 1.165) is 17.1 Å². The molecule has 0 unspecified atom stereocenters. The standard InChI is InChI=1S/C18H17N3O2S/c1-12(2)23-14-8-6-13(7-9-14)17(22)21-18-20-16(11-24-18)15-5-3-4-10-19-15/h3-12H,1-2H3,(H,20,21,22). The van der Waals surface area contributed by atoms with E-state index in [9.17, 15) is 4.79 Å². The normalized spacial score (nSPS) is 10.6. The first kappa shape index (κ1) is 16.1. The smallest absolute Gasteiger partial charge is 0.257 e. The van der Waals surface area contributed by atoms with Gasteiger partial charge in [-0.15, -0.1) is 11.3 Å². The van der Waals surface area contributed by atoms with Gasteiger partial charge in [0.1, 0.15) is 11.4 Å². The van der Waals surface area contributed by atoms with E-state index in [2.05, 4.69) is 15.3 Å². The van der Waals surface area contributed by atoms with Gasteiger partial charge in [-0.1, -0.05) is 6.07 Å². The summed E-state index contributed by atoms with van der Waals surface area (Å²) in [5, 5.41) is 5.23. The molecule has 5 nitrogen and oxygen atoms in total. The number of aromatic nitrogens is 2. The third kappa shape index (κ3) is 3.97. The topological polar surface area (TPSA) is 64.1 Å². The molecule has 0 aliphatic rings. The Hall–Kier alpha value is -2.73. The minimum Gasteiger partial charge on any atom is -0.491 e. The van der Waals surface area contributed by atoms with Gasteiger partial charge in [-0.2, -0.15) is 0 Å². The Morgan fingerprint density at radius 1 is 1.12 bits per heavy atom.